The second-order valence-corrected chi connectivity index (χ2v) is 8.21. The molecule has 1 aromatic carbocycles. The second kappa shape index (κ2) is 8.96. The van der Waals surface area contributed by atoms with Crippen LogP contribution in [0.5, 0.6) is 0 Å². The Morgan fingerprint density at radius 2 is 1.84 bits per heavy atom. The summed E-state index contributed by atoms with van der Waals surface area (Å²) in [6.07, 6.45) is 3.35. The number of carbonyl (C=O) groups excluding carboxylic acids is 1. The zero-order chi connectivity index (χ0) is 22.0. The van der Waals surface area contributed by atoms with Crippen LogP contribution in [0.15, 0.2) is 36.4 Å². The highest BCUT2D eigenvalue weighted by molar-refractivity contribution is 5.77. The van der Waals surface area contributed by atoms with Gasteiger partial charge in [0.2, 0.25) is 5.91 Å². The fourth-order valence-corrected chi connectivity index (χ4v) is 4.33. The maximum Gasteiger partial charge on any atom is 0.225 e. The van der Waals surface area contributed by atoms with Gasteiger partial charge < -0.3 is 4.90 Å². The lowest BCUT2D eigenvalue weighted by atomic mass is 9.95. The molecule has 0 unspecified atom stereocenters. The number of pyridine rings is 1. The van der Waals surface area contributed by atoms with Crippen molar-refractivity contribution in [3.05, 3.63) is 65.3 Å². The number of amides is 1. The third-order valence-corrected chi connectivity index (χ3v) is 5.82. The molecule has 31 heavy (non-hydrogen) atoms. The third kappa shape index (κ3) is 4.81. The number of halogens is 1. The van der Waals surface area contributed by atoms with Crippen LogP contribution >= 0.6 is 0 Å². The van der Waals surface area contributed by atoms with E-state index in [0.717, 1.165) is 60.0 Å². The molecule has 3 aromatic rings. The first kappa shape index (κ1) is 21.2. The number of rotatable bonds is 5. The van der Waals surface area contributed by atoms with Gasteiger partial charge in [-0.15, -0.1) is 0 Å². The summed E-state index contributed by atoms with van der Waals surface area (Å²) in [5, 5.41) is 4.36. The molecule has 4 rings (SSSR count). The van der Waals surface area contributed by atoms with Crippen LogP contribution in [-0.4, -0.2) is 37.1 Å². The van der Waals surface area contributed by atoms with Gasteiger partial charge in [-0.05, 0) is 75.4 Å². The Bertz CT molecular complexity index is 1080. The van der Waals surface area contributed by atoms with Crippen molar-refractivity contribution in [3.8, 4) is 11.1 Å². The topological polar surface area (TPSA) is 63.9 Å². The van der Waals surface area contributed by atoms with E-state index in [2.05, 4.69) is 10.1 Å². The van der Waals surface area contributed by atoms with Crippen LogP contribution in [0.1, 0.15) is 54.8 Å². The number of likely N-dealkylation sites (tertiary alicyclic amines) is 1. The Morgan fingerprint density at radius 3 is 2.55 bits per heavy atom. The Balaban J connectivity index is 1.56. The molecular weight excluding hydrogens is 393 g/mol. The minimum atomic E-state index is -0.253. The molecule has 3 heterocycles. The fraction of sp³-hybridized carbons (Fsp3) is 0.417. The van der Waals surface area contributed by atoms with Crippen LogP contribution in [-0.2, 0) is 11.3 Å². The SMILES string of the molecule is Cc1cc(-c2ccc(F)cc2)cc([C@@H]2CCCCN2C(=O)CCn2nc(C)nc2C)n1. The van der Waals surface area contributed by atoms with Crippen molar-refractivity contribution >= 4 is 5.91 Å². The molecule has 0 saturated carbocycles. The smallest absolute Gasteiger partial charge is 0.225 e. The molecular formula is C24H28FN5O. The monoisotopic (exact) mass is 421 g/mol. The van der Waals surface area contributed by atoms with Gasteiger partial charge in [-0.2, -0.15) is 5.10 Å². The molecule has 1 fully saturated rings. The lowest BCUT2D eigenvalue weighted by Crippen LogP contribution is -2.39. The Morgan fingerprint density at radius 1 is 1.06 bits per heavy atom. The molecule has 0 spiro atoms. The largest absolute Gasteiger partial charge is 0.334 e. The molecule has 0 radical (unpaired) electrons. The number of aromatic nitrogens is 4. The maximum atomic E-state index is 13.3. The maximum absolute atomic E-state index is 13.3. The molecule has 0 N–H and O–H groups in total. The van der Waals surface area contributed by atoms with Crippen LogP contribution in [0.2, 0.25) is 0 Å². The normalized spacial score (nSPS) is 16.5. The third-order valence-electron chi connectivity index (χ3n) is 5.82. The van der Waals surface area contributed by atoms with E-state index in [-0.39, 0.29) is 17.8 Å². The number of hydrogen-bond donors (Lipinski definition) is 0. The molecule has 1 saturated heterocycles. The summed E-state index contributed by atoms with van der Waals surface area (Å²) < 4.78 is 15.1. The molecule has 2 aromatic heterocycles. The minimum Gasteiger partial charge on any atom is -0.334 e. The minimum absolute atomic E-state index is 0.0427. The zero-order valence-corrected chi connectivity index (χ0v) is 18.3. The highest BCUT2D eigenvalue weighted by Gasteiger charge is 2.29. The molecule has 7 heteroatoms. The van der Waals surface area contributed by atoms with Crippen molar-refractivity contribution in [2.24, 2.45) is 0 Å². The second-order valence-electron chi connectivity index (χ2n) is 8.21. The number of carbonyl (C=O) groups is 1. The van der Waals surface area contributed by atoms with Gasteiger partial charge in [-0.25, -0.2) is 14.1 Å². The highest BCUT2D eigenvalue weighted by atomic mass is 19.1. The summed E-state index contributed by atoms with van der Waals surface area (Å²) in [6, 6.07) is 10.5. The van der Waals surface area contributed by atoms with E-state index in [1.54, 1.807) is 16.8 Å². The molecule has 1 atom stereocenters. The van der Waals surface area contributed by atoms with E-state index in [1.165, 1.54) is 12.1 Å². The molecule has 162 valence electrons. The van der Waals surface area contributed by atoms with Crippen molar-refractivity contribution in [2.75, 3.05) is 6.54 Å². The highest BCUT2D eigenvalue weighted by Crippen LogP contribution is 2.33. The van der Waals surface area contributed by atoms with Crippen LogP contribution in [0.3, 0.4) is 0 Å². The lowest BCUT2D eigenvalue weighted by Gasteiger charge is -2.36. The average molecular weight is 422 g/mol. The Hall–Kier alpha value is -3.09. The number of benzene rings is 1. The van der Waals surface area contributed by atoms with E-state index in [4.69, 9.17) is 4.98 Å². The first-order chi connectivity index (χ1) is 14.9. The summed E-state index contributed by atoms with van der Waals surface area (Å²) in [6.45, 7) is 6.98. The van der Waals surface area contributed by atoms with Crippen LogP contribution in [0.25, 0.3) is 11.1 Å². The van der Waals surface area contributed by atoms with E-state index in [0.29, 0.717) is 13.0 Å². The quantitative estimate of drug-likeness (QED) is 0.606. The predicted octanol–water partition coefficient (Wildman–Crippen LogP) is 4.55. The van der Waals surface area contributed by atoms with Gasteiger partial charge >= 0.3 is 0 Å². The molecule has 6 nitrogen and oxygen atoms in total. The van der Waals surface area contributed by atoms with Crippen molar-refractivity contribution in [2.45, 2.75) is 59.0 Å². The summed E-state index contributed by atoms with van der Waals surface area (Å²) in [4.78, 5) is 24.2. The van der Waals surface area contributed by atoms with Gasteiger partial charge in [0.05, 0.1) is 18.3 Å². The average Bonchev–Trinajstić information content (AvgIpc) is 3.09. The van der Waals surface area contributed by atoms with Gasteiger partial charge in [0.1, 0.15) is 17.5 Å². The molecule has 0 aliphatic carbocycles. The van der Waals surface area contributed by atoms with Crippen molar-refractivity contribution in [3.63, 3.8) is 0 Å². The van der Waals surface area contributed by atoms with Gasteiger partial charge in [0, 0.05) is 18.7 Å². The van der Waals surface area contributed by atoms with Crippen LogP contribution in [0.4, 0.5) is 4.39 Å². The Kier molecular flexibility index (Phi) is 6.11. The van der Waals surface area contributed by atoms with Crippen molar-refractivity contribution in [1.29, 1.82) is 0 Å². The zero-order valence-electron chi connectivity index (χ0n) is 18.3. The molecule has 1 amide bonds. The summed E-state index contributed by atoms with van der Waals surface area (Å²) in [7, 11) is 0. The van der Waals surface area contributed by atoms with Crippen molar-refractivity contribution in [1.82, 2.24) is 24.6 Å². The molecule has 0 bridgehead atoms. The predicted molar refractivity (Wildman–Crippen MR) is 117 cm³/mol. The first-order valence-electron chi connectivity index (χ1n) is 10.8. The summed E-state index contributed by atoms with van der Waals surface area (Å²) in [5.41, 5.74) is 3.73. The van der Waals surface area contributed by atoms with E-state index in [1.807, 2.05) is 37.8 Å². The van der Waals surface area contributed by atoms with Crippen molar-refractivity contribution < 1.29 is 9.18 Å². The fourth-order valence-electron chi connectivity index (χ4n) is 4.33. The standard InChI is InChI=1S/C24H28FN5O/c1-16-14-20(19-7-9-21(25)10-8-19)15-22(26-16)23-6-4-5-12-29(23)24(31)11-13-30-18(3)27-17(2)28-30/h7-10,14-15,23H,4-6,11-13H2,1-3H3/t23-/m0/s1. The van der Waals surface area contributed by atoms with Crippen LogP contribution in [0, 0.1) is 26.6 Å². The van der Waals surface area contributed by atoms with Gasteiger partial charge in [-0.1, -0.05) is 12.1 Å². The van der Waals surface area contributed by atoms with Gasteiger partial charge in [0.15, 0.2) is 0 Å². The lowest BCUT2D eigenvalue weighted by molar-refractivity contribution is -0.135. The van der Waals surface area contributed by atoms with Gasteiger partial charge in [0.25, 0.3) is 0 Å². The van der Waals surface area contributed by atoms with Gasteiger partial charge in [-0.3, -0.25) is 9.78 Å². The molecule has 1 aliphatic rings. The van der Waals surface area contributed by atoms with Crippen LogP contribution < -0.4 is 0 Å². The Labute approximate surface area is 182 Å². The van der Waals surface area contributed by atoms with E-state index < -0.39 is 0 Å². The first-order valence-corrected chi connectivity index (χ1v) is 10.8. The number of aryl methyl sites for hydroxylation is 4. The van der Waals surface area contributed by atoms with E-state index in [9.17, 15) is 9.18 Å². The number of hydrogen-bond acceptors (Lipinski definition) is 4. The number of nitrogens with zero attached hydrogens (tertiary/aromatic N) is 5. The number of piperidine rings is 1. The summed E-state index contributed by atoms with van der Waals surface area (Å²) >= 11 is 0. The van der Waals surface area contributed by atoms with E-state index >= 15 is 0 Å². The summed E-state index contributed by atoms with van der Waals surface area (Å²) in [5.74, 6) is 1.41. The molecule has 1 aliphatic heterocycles.